The van der Waals surface area contributed by atoms with Crippen molar-refractivity contribution < 1.29 is 9.59 Å². The highest BCUT2D eigenvalue weighted by Crippen LogP contribution is 2.34. The van der Waals surface area contributed by atoms with Crippen LogP contribution in [0.25, 0.3) is 6.08 Å². The minimum Gasteiger partial charge on any atom is -0.298 e. The van der Waals surface area contributed by atoms with E-state index in [0.717, 1.165) is 10.4 Å². The molecule has 1 aromatic carbocycles. The summed E-state index contributed by atoms with van der Waals surface area (Å²) in [7, 11) is 0. The second-order valence-corrected chi connectivity index (χ2v) is 7.12. The molecule has 2 amide bonds. The zero-order chi connectivity index (χ0) is 17.4. The summed E-state index contributed by atoms with van der Waals surface area (Å²) in [5.74, 6) is -1.08. The summed E-state index contributed by atoms with van der Waals surface area (Å²) in [5, 5.41) is 4.86. The summed E-state index contributed by atoms with van der Waals surface area (Å²) in [5.41, 5.74) is 1.30. The number of hydrogen-bond acceptors (Lipinski definition) is 4. The maximum atomic E-state index is 12.9. The lowest BCUT2D eigenvalue weighted by molar-refractivity contribution is -0.122. The molecule has 3 rings (SSSR count). The summed E-state index contributed by atoms with van der Waals surface area (Å²) in [6.07, 6.45) is 1.56. The molecule has 0 spiro atoms. The van der Waals surface area contributed by atoms with E-state index in [1.54, 1.807) is 24.3 Å². The maximum absolute atomic E-state index is 12.9. The van der Waals surface area contributed by atoms with Gasteiger partial charge in [0.1, 0.15) is 5.57 Å². The van der Waals surface area contributed by atoms with E-state index in [1.807, 2.05) is 18.4 Å². The molecule has 1 aliphatic rings. The molecule has 0 saturated carbocycles. The highest BCUT2D eigenvalue weighted by molar-refractivity contribution is 7.80. The van der Waals surface area contributed by atoms with Gasteiger partial charge in [0.05, 0.1) is 15.7 Å². The van der Waals surface area contributed by atoms with Gasteiger partial charge in [0.25, 0.3) is 11.8 Å². The zero-order valence-corrected chi connectivity index (χ0v) is 15.4. The molecule has 1 saturated heterocycles. The molecule has 24 heavy (non-hydrogen) atoms. The van der Waals surface area contributed by atoms with Crippen LogP contribution in [-0.2, 0) is 9.59 Å². The van der Waals surface area contributed by atoms with E-state index in [-0.39, 0.29) is 15.7 Å². The highest BCUT2D eigenvalue weighted by atomic mass is 35.5. The third kappa shape index (κ3) is 2.98. The molecule has 0 aliphatic carbocycles. The quantitative estimate of drug-likeness (QED) is 0.470. The number of thiophene rings is 1. The molecule has 0 atom stereocenters. The second-order valence-electron chi connectivity index (χ2n) is 5.00. The Labute approximate surface area is 157 Å². The molecule has 2 aromatic rings. The van der Waals surface area contributed by atoms with Gasteiger partial charge in [-0.2, -0.15) is 0 Å². The number of amides is 2. The zero-order valence-electron chi connectivity index (χ0n) is 12.3. The molecule has 1 fully saturated rings. The van der Waals surface area contributed by atoms with E-state index in [0.29, 0.717) is 10.7 Å². The SMILES string of the molecule is Cc1ccsc1C=C1C(=O)NC(=S)N(c2cccc(Cl)c2Cl)C1=O. The molecule has 0 bridgehead atoms. The van der Waals surface area contributed by atoms with Gasteiger partial charge in [0.15, 0.2) is 5.11 Å². The molecule has 1 N–H and O–H groups in total. The summed E-state index contributed by atoms with van der Waals surface area (Å²) in [6.45, 7) is 1.91. The van der Waals surface area contributed by atoms with Crippen molar-refractivity contribution >= 4 is 75.4 Å². The number of nitrogens with zero attached hydrogens (tertiary/aromatic N) is 1. The average Bonchev–Trinajstić information content (AvgIpc) is 2.93. The van der Waals surface area contributed by atoms with E-state index in [9.17, 15) is 9.59 Å². The van der Waals surface area contributed by atoms with Crippen LogP contribution in [0.5, 0.6) is 0 Å². The third-order valence-electron chi connectivity index (χ3n) is 3.45. The first kappa shape index (κ1) is 17.1. The normalized spacial score (nSPS) is 16.7. The van der Waals surface area contributed by atoms with Crippen LogP contribution in [0.15, 0.2) is 35.2 Å². The fourth-order valence-corrected chi connectivity index (χ4v) is 3.72. The first-order valence-electron chi connectivity index (χ1n) is 6.79. The van der Waals surface area contributed by atoms with Crippen molar-refractivity contribution in [3.63, 3.8) is 0 Å². The Hall–Kier alpha value is -1.73. The van der Waals surface area contributed by atoms with Crippen molar-refractivity contribution in [2.75, 3.05) is 4.90 Å². The lowest BCUT2D eigenvalue weighted by Gasteiger charge is -2.29. The van der Waals surface area contributed by atoms with Crippen molar-refractivity contribution in [2.45, 2.75) is 6.92 Å². The lowest BCUT2D eigenvalue weighted by Crippen LogP contribution is -2.54. The number of benzene rings is 1. The fourth-order valence-electron chi connectivity index (χ4n) is 2.20. The lowest BCUT2D eigenvalue weighted by atomic mass is 10.1. The Morgan fingerprint density at radius 1 is 1.25 bits per heavy atom. The first-order valence-corrected chi connectivity index (χ1v) is 8.84. The first-order chi connectivity index (χ1) is 11.4. The van der Waals surface area contributed by atoms with Crippen LogP contribution < -0.4 is 10.2 Å². The number of rotatable bonds is 2. The van der Waals surface area contributed by atoms with E-state index in [2.05, 4.69) is 5.32 Å². The second kappa shape index (κ2) is 6.64. The minimum absolute atomic E-state index is 0.00908. The van der Waals surface area contributed by atoms with Gasteiger partial charge in [0.2, 0.25) is 0 Å². The molecule has 8 heteroatoms. The Morgan fingerprint density at radius 3 is 2.67 bits per heavy atom. The number of anilines is 1. The predicted octanol–water partition coefficient (Wildman–Crippen LogP) is 4.19. The van der Waals surface area contributed by atoms with Crippen LogP contribution in [0.4, 0.5) is 5.69 Å². The number of halogens is 2. The van der Waals surface area contributed by atoms with Crippen LogP contribution in [0.3, 0.4) is 0 Å². The van der Waals surface area contributed by atoms with Crippen LogP contribution in [0.2, 0.25) is 10.0 Å². The van der Waals surface area contributed by atoms with Gasteiger partial charge >= 0.3 is 0 Å². The average molecular weight is 397 g/mol. The summed E-state index contributed by atoms with van der Waals surface area (Å²) >= 11 is 18.8. The molecule has 0 radical (unpaired) electrons. The fraction of sp³-hybridized carbons (Fsp3) is 0.0625. The Bertz CT molecular complexity index is 905. The topological polar surface area (TPSA) is 49.4 Å². The molecular formula is C16H10Cl2N2O2S2. The van der Waals surface area contributed by atoms with Gasteiger partial charge in [-0.05, 0) is 54.4 Å². The van der Waals surface area contributed by atoms with Crippen LogP contribution in [-0.4, -0.2) is 16.9 Å². The molecule has 1 aliphatic heterocycles. The van der Waals surface area contributed by atoms with Gasteiger partial charge in [0, 0.05) is 4.88 Å². The number of thiocarbonyl (C=S) groups is 1. The molecule has 4 nitrogen and oxygen atoms in total. The van der Waals surface area contributed by atoms with E-state index in [4.69, 9.17) is 35.4 Å². The van der Waals surface area contributed by atoms with Crippen molar-refractivity contribution in [3.8, 4) is 0 Å². The Morgan fingerprint density at radius 2 is 2.00 bits per heavy atom. The monoisotopic (exact) mass is 396 g/mol. The van der Waals surface area contributed by atoms with Crippen molar-refractivity contribution in [1.82, 2.24) is 5.32 Å². The van der Waals surface area contributed by atoms with Crippen LogP contribution >= 0.6 is 46.8 Å². The standard InChI is InChI=1S/C16H10Cl2N2O2S2/c1-8-5-6-24-12(8)7-9-14(21)19-16(23)20(15(9)22)11-4-2-3-10(17)13(11)18/h2-7H,1H3,(H,19,21,23). The van der Waals surface area contributed by atoms with Crippen molar-refractivity contribution in [3.05, 3.63) is 55.7 Å². The largest absolute Gasteiger partial charge is 0.298 e. The molecule has 122 valence electrons. The molecular weight excluding hydrogens is 387 g/mol. The Balaban J connectivity index is 2.09. The van der Waals surface area contributed by atoms with Crippen molar-refractivity contribution in [1.29, 1.82) is 0 Å². The van der Waals surface area contributed by atoms with Gasteiger partial charge in [-0.25, -0.2) is 0 Å². The van der Waals surface area contributed by atoms with Gasteiger partial charge < -0.3 is 0 Å². The molecule has 1 aromatic heterocycles. The highest BCUT2D eigenvalue weighted by Gasteiger charge is 2.35. The number of hydrogen-bond donors (Lipinski definition) is 1. The van der Waals surface area contributed by atoms with E-state index < -0.39 is 11.8 Å². The number of carbonyl (C=O) groups excluding carboxylic acids is 2. The summed E-state index contributed by atoms with van der Waals surface area (Å²) in [4.78, 5) is 27.1. The molecule has 2 heterocycles. The van der Waals surface area contributed by atoms with E-state index in [1.165, 1.54) is 16.2 Å². The van der Waals surface area contributed by atoms with Gasteiger partial charge in [-0.15, -0.1) is 11.3 Å². The van der Waals surface area contributed by atoms with Crippen LogP contribution in [0.1, 0.15) is 10.4 Å². The van der Waals surface area contributed by atoms with E-state index >= 15 is 0 Å². The molecule has 0 unspecified atom stereocenters. The Kier molecular flexibility index (Phi) is 4.73. The minimum atomic E-state index is -0.541. The smallest absolute Gasteiger partial charge is 0.270 e. The third-order valence-corrected chi connectivity index (χ3v) is 5.51. The van der Waals surface area contributed by atoms with Crippen LogP contribution in [0, 0.1) is 6.92 Å². The van der Waals surface area contributed by atoms with Gasteiger partial charge in [-0.1, -0.05) is 29.3 Å². The summed E-state index contributed by atoms with van der Waals surface area (Å²) < 4.78 is 0. The maximum Gasteiger partial charge on any atom is 0.270 e. The van der Waals surface area contributed by atoms with Crippen molar-refractivity contribution in [2.24, 2.45) is 0 Å². The van der Waals surface area contributed by atoms with Gasteiger partial charge in [-0.3, -0.25) is 19.8 Å². The predicted molar refractivity (Wildman–Crippen MR) is 102 cm³/mol. The number of nitrogens with one attached hydrogen (secondary N) is 1. The number of aryl methyl sites for hydroxylation is 1. The number of carbonyl (C=O) groups is 2. The summed E-state index contributed by atoms with van der Waals surface area (Å²) in [6, 6.07) is 6.79.